The molecule has 3 amide bonds. The van der Waals surface area contributed by atoms with Gasteiger partial charge in [0.05, 0.1) is 7.11 Å². The summed E-state index contributed by atoms with van der Waals surface area (Å²) >= 11 is 0. The highest BCUT2D eigenvalue weighted by molar-refractivity contribution is 5.97. The Morgan fingerprint density at radius 3 is 2.13 bits per heavy atom. The highest BCUT2D eigenvalue weighted by atomic mass is 16.5. The average Bonchev–Trinajstić information content (AvgIpc) is 3.50. The summed E-state index contributed by atoms with van der Waals surface area (Å²) in [6.45, 7) is 2.85. The van der Waals surface area contributed by atoms with Crippen LogP contribution in [0.25, 0.3) is 0 Å². The molecule has 2 aliphatic heterocycles. The molecule has 1 atom stereocenters. The van der Waals surface area contributed by atoms with Gasteiger partial charge in [0, 0.05) is 37.7 Å². The highest BCUT2D eigenvalue weighted by Gasteiger charge is 2.39. The minimum absolute atomic E-state index is 0.0151. The minimum atomic E-state index is -0.545. The van der Waals surface area contributed by atoms with E-state index in [1.165, 1.54) is 0 Å². The van der Waals surface area contributed by atoms with E-state index in [9.17, 15) is 14.4 Å². The highest BCUT2D eigenvalue weighted by Crippen LogP contribution is 2.33. The van der Waals surface area contributed by atoms with Gasteiger partial charge in [-0.3, -0.25) is 14.4 Å². The van der Waals surface area contributed by atoms with Crippen LogP contribution in [0.5, 0.6) is 5.75 Å². The summed E-state index contributed by atoms with van der Waals surface area (Å²) in [5.74, 6) is 0.983. The molecule has 1 aromatic rings. The van der Waals surface area contributed by atoms with E-state index in [1.54, 1.807) is 31.4 Å². The molecule has 0 bridgehead atoms. The number of amides is 3. The smallest absolute Gasteiger partial charge is 0.251 e. The van der Waals surface area contributed by atoms with Gasteiger partial charge in [-0.1, -0.05) is 0 Å². The van der Waals surface area contributed by atoms with Gasteiger partial charge in [-0.2, -0.15) is 0 Å². The van der Waals surface area contributed by atoms with Crippen LogP contribution < -0.4 is 10.1 Å². The predicted molar refractivity (Wildman–Crippen MR) is 112 cm³/mol. The summed E-state index contributed by atoms with van der Waals surface area (Å²) in [6.07, 6.45) is 5.52. The van der Waals surface area contributed by atoms with E-state index >= 15 is 0 Å². The SMILES string of the molecule is COc1ccc(C(=O)N[C@@H](C(=O)N2CCCC2)C2CCN(C(=O)C3CC3)CC2)cc1. The quantitative estimate of drug-likeness (QED) is 0.774. The maximum absolute atomic E-state index is 13.3. The van der Waals surface area contributed by atoms with Gasteiger partial charge in [0.25, 0.3) is 5.91 Å². The Bertz CT molecular complexity index is 776. The first kappa shape index (κ1) is 20.7. The third kappa shape index (κ3) is 4.60. The summed E-state index contributed by atoms with van der Waals surface area (Å²) in [5, 5.41) is 3.02. The van der Waals surface area contributed by atoms with Crippen LogP contribution in [0.4, 0.5) is 0 Å². The van der Waals surface area contributed by atoms with E-state index in [2.05, 4.69) is 5.32 Å². The summed E-state index contributed by atoms with van der Waals surface area (Å²) in [4.78, 5) is 42.3. The van der Waals surface area contributed by atoms with Crippen LogP contribution in [0.2, 0.25) is 0 Å². The molecule has 1 N–H and O–H groups in total. The zero-order valence-corrected chi connectivity index (χ0v) is 17.6. The summed E-state index contributed by atoms with van der Waals surface area (Å²) in [6, 6.07) is 6.36. The van der Waals surface area contributed by atoms with Gasteiger partial charge in [0.2, 0.25) is 11.8 Å². The lowest BCUT2D eigenvalue weighted by molar-refractivity contribution is -0.136. The Hall–Kier alpha value is -2.57. The molecule has 0 aromatic heterocycles. The van der Waals surface area contributed by atoms with E-state index < -0.39 is 6.04 Å². The van der Waals surface area contributed by atoms with Crippen molar-refractivity contribution >= 4 is 17.7 Å². The molecular formula is C23H31N3O4. The van der Waals surface area contributed by atoms with Gasteiger partial charge in [-0.15, -0.1) is 0 Å². The third-order valence-corrected chi connectivity index (χ3v) is 6.57. The second-order valence-corrected chi connectivity index (χ2v) is 8.65. The largest absolute Gasteiger partial charge is 0.497 e. The number of nitrogens with zero attached hydrogens (tertiary/aromatic N) is 2. The maximum atomic E-state index is 13.3. The van der Waals surface area contributed by atoms with Crippen LogP contribution in [0.1, 0.15) is 48.9 Å². The van der Waals surface area contributed by atoms with E-state index in [4.69, 9.17) is 4.74 Å². The summed E-state index contributed by atoms with van der Waals surface area (Å²) < 4.78 is 5.16. The van der Waals surface area contributed by atoms with Crippen molar-refractivity contribution in [2.45, 2.75) is 44.6 Å². The first-order valence-corrected chi connectivity index (χ1v) is 11.1. The zero-order valence-electron chi connectivity index (χ0n) is 17.6. The van der Waals surface area contributed by atoms with Gasteiger partial charge >= 0.3 is 0 Å². The van der Waals surface area contributed by atoms with Crippen molar-refractivity contribution in [1.82, 2.24) is 15.1 Å². The van der Waals surface area contributed by atoms with Crippen molar-refractivity contribution in [1.29, 1.82) is 0 Å². The molecule has 2 saturated heterocycles. The van der Waals surface area contributed by atoms with Crippen LogP contribution in [-0.2, 0) is 9.59 Å². The molecule has 30 heavy (non-hydrogen) atoms. The fourth-order valence-electron chi connectivity index (χ4n) is 4.52. The molecule has 1 saturated carbocycles. The van der Waals surface area contributed by atoms with E-state index in [0.29, 0.717) is 24.4 Å². The Labute approximate surface area is 177 Å². The van der Waals surface area contributed by atoms with E-state index in [-0.39, 0.29) is 29.6 Å². The van der Waals surface area contributed by atoms with Gasteiger partial charge < -0.3 is 19.9 Å². The van der Waals surface area contributed by atoms with Gasteiger partial charge in [-0.25, -0.2) is 0 Å². The molecule has 0 spiro atoms. The van der Waals surface area contributed by atoms with Crippen molar-refractivity contribution in [3.05, 3.63) is 29.8 Å². The standard InChI is InChI=1S/C23H31N3O4/c1-30-19-8-6-17(7-9-19)21(27)24-20(23(29)25-12-2-3-13-25)16-10-14-26(15-11-16)22(28)18-4-5-18/h6-9,16,18,20H,2-5,10-15H2,1H3,(H,24,27)/t20-/m1/s1. The maximum Gasteiger partial charge on any atom is 0.251 e. The second kappa shape index (κ2) is 9.06. The first-order chi connectivity index (χ1) is 14.6. The number of carbonyl (C=O) groups is 3. The fraction of sp³-hybridized carbons (Fsp3) is 0.609. The van der Waals surface area contributed by atoms with Gasteiger partial charge in [0.1, 0.15) is 11.8 Å². The van der Waals surface area contributed by atoms with E-state index in [1.807, 2.05) is 9.80 Å². The number of nitrogens with one attached hydrogen (secondary N) is 1. The molecule has 162 valence electrons. The fourth-order valence-corrected chi connectivity index (χ4v) is 4.52. The molecule has 0 unspecified atom stereocenters. The number of methoxy groups -OCH3 is 1. The predicted octanol–water partition coefficient (Wildman–Crippen LogP) is 2.06. The number of rotatable bonds is 6. The Kier molecular flexibility index (Phi) is 6.25. The van der Waals surface area contributed by atoms with Crippen LogP contribution in [-0.4, -0.2) is 66.9 Å². The van der Waals surface area contributed by atoms with Crippen LogP contribution in [0.15, 0.2) is 24.3 Å². The van der Waals surface area contributed by atoms with Gasteiger partial charge in [-0.05, 0) is 68.7 Å². The summed E-state index contributed by atoms with van der Waals surface area (Å²) in [7, 11) is 1.58. The van der Waals surface area contributed by atoms with Crippen molar-refractivity contribution in [3.8, 4) is 5.75 Å². The molecule has 7 nitrogen and oxygen atoms in total. The molecule has 3 fully saturated rings. The lowest BCUT2D eigenvalue weighted by Crippen LogP contribution is -2.54. The molecule has 3 aliphatic rings. The number of hydrogen-bond acceptors (Lipinski definition) is 4. The normalized spacial score (nSPS) is 20.7. The molecule has 7 heteroatoms. The number of ether oxygens (including phenoxy) is 1. The van der Waals surface area contributed by atoms with Crippen LogP contribution >= 0.6 is 0 Å². The average molecular weight is 414 g/mol. The number of piperidine rings is 1. The molecule has 0 radical (unpaired) electrons. The van der Waals surface area contributed by atoms with Crippen molar-refractivity contribution in [2.24, 2.45) is 11.8 Å². The number of benzene rings is 1. The third-order valence-electron chi connectivity index (χ3n) is 6.57. The molecule has 1 aromatic carbocycles. The monoisotopic (exact) mass is 413 g/mol. The van der Waals surface area contributed by atoms with Crippen LogP contribution in [0.3, 0.4) is 0 Å². The minimum Gasteiger partial charge on any atom is -0.497 e. The number of hydrogen-bond donors (Lipinski definition) is 1. The lowest BCUT2D eigenvalue weighted by Gasteiger charge is -2.37. The zero-order chi connectivity index (χ0) is 21.1. The molecule has 2 heterocycles. The second-order valence-electron chi connectivity index (χ2n) is 8.65. The molecule has 4 rings (SSSR count). The van der Waals surface area contributed by atoms with E-state index in [0.717, 1.165) is 51.6 Å². The number of carbonyl (C=O) groups excluding carboxylic acids is 3. The lowest BCUT2D eigenvalue weighted by atomic mass is 9.88. The Morgan fingerprint density at radius 1 is 0.933 bits per heavy atom. The van der Waals surface area contributed by atoms with Gasteiger partial charge in [0.15, 0.2) is 0 Å². The number of likely N-dealkylation sites (tertiary alicyclic amines) is 2. The Balaban J connectivity index is 1.44. The molecular weight excluding hydrogens is 382 g/mol. The first-order valence-electron chi connectivity index (χ1n) is 11.1. The van der Waals surface area contributed by atoms with Crippen molar-refractivity contribution in [2.75, 3.05) is 33.3 Å². The van der Waals surface area contributed by atoms with Crippen molar-refractivity contribution in [3.63, 3.8) is 0 Å². The van der Waals surface area contributed by atoms with Crippen molar-refractivity contribution < 1.29 is 19.1 Å². The van der Waals surface area contributed by atoms with Crippen LogP contribution in [0, 0.1) is 11.8 Å². The topological polar surface area (TPSA) is 79.0 Å². The summed E-state index contributed by atoms with van der Waals surface area (Å²) in [5.41, 5.74) is 0.511. The molecule has 1 aliphatic carbocycles. The Morgan fingerprint density at radius 2 is 1.57 bits per heavy atom.